The first-order valence-electron chi connectivity index (χ1n) is 9.32. The molecule has 4 rings (SSSR count). The van der Waals surface area contributed by atoms with Crippen molar-refractivity contribution in [3.63, 3.8) is 0 Å². The van der Waals surface area contributed by atoms with E-state index in [1.54, 1.807) is 6.07 Å². The molecule has 1 aliphatic heterocycles. The van der Waals surface area contributed by atoms with Gasteiger partial charge >= 0.3 is 0 Å². The molecule has 0 bridgehead atoms. The number of carbonyl (C=O) groups is 3. The molecule has 3 aromatic rings. The summed E-state index contributed by atoms with van der Waals surface area (Å²) < 4.78 is 40.1. The molecule has 0 atom stereocenters. The monoisotopic (exact) mass is 453 g/mol. The van der Waals surface area contributed by atoms with Crippen molar-refractivity contribution in [1.82, 2.24) is 4.90 Å². The number of fused-ring (bicyclic) bond motifs is 1. The van der Waals surface area contributed by atoms with Crippen molar-refractivity contribution in [3.8, 4) is 0 Å². The Morgan fingerprint density at radius 2 is 1.56 bits per heavy atom. The number of sulfonamides is 1. The molecule has 0 saturated carbocycles. The number of nitrogens with one attached hydrogen (secondary N) is 2. The predicted octanol–water partition coefficient (Wildman–Crippen LogP) is 3.10. The number of nitrogens with zero attached hydrogens (tertiary/aromatic N) is 1. The fraction of sp³-hybridized carbons (Fsp3) is 0.0455. The van der Waals surface area contributed by atoms with Crippen molar-refractivity contribution in [2.24, 2.45) is 0 Å². The summed E-state index contributed by atoms with van der Waals surface area (Å²) in [5.41, 5.74) is 0.945. The summed E-state index contributed by atoms with van der Waals surface area (Å²) in [6.07, 6.45) is 0. The van der Waals surface area contributed by atoms with Gasteiger partial charge in [0, 0.05) is 18.3 Å². The zero-order valence-corrected chi connectivity index (χ0v) is 17.4. The third kappa shape index (κ3) is 3.83. The van der Waals surface area contributed by atoms with Gasteiger partial charge in [-0.25, -0.2) is 12.8 Å². The standard InChI is InChI=1S/C22H16FN3O5S/c1-26-21(28)17-3-2-4-18(19(17)22(26)29)24-20(27)13-5-9-15(10-6-13)25-32(30,31)16-11-7-14(23)8-12-16/h2-12,25H,1H3,(H,24,27). The zero-order valence-electron chi connectivity index (χ0n) is 16.6. The zero-order chi connectivity index (χ0) is 23.0. The molecule has 8 nitrogen and oxygen atoms in total. The smallest absolute Gasteiger partial charge is 0.263 e. The molecule has 0 spiro atoms. The molecule has 3 amide bonds. The van der Waals surface area contributed by atoms with Crippen molar-refractivity contribution in [1.29, 1.82) is 0 Å². The van der Waals surface area contributed by atoms with Gasteiger partial charge in [0.05, 0.1) is 21.7 Å². The lowest BCUT2D eigenvalue weighted by Gasteiger charge is -2.11. The van der Waals surface area contributed by atoms with E-state index in [1.807, 2.05) is 0 Å². The Labute approximate surface area is 182 Å². The van der Waals surface area contributed by atoms with E-state index in [2.05, 4.69) is 10.0 Å². The van der Waals surface area contributed by atoms with Crippen LogP contribution in [0.2, 0.25) is 0 Å². The highest BCUT2D eigenvalue weighted by Crippen LogP contribution is 2.29. The van der Waals surface area contributed by atoms with Gasteiger partial charge in [-0.2, -0.15) is 0 Å². The first kappa shape index (κ1) is 21.2. The van der Waals surface area contributed by atoms with Crippen LogP contribution in [0.1, 0.15) is 31.1 Å². The normalized spacial score (nSPS) is 13.1. The van der Waals surface area contributed by atoms with Gasteiger partial charge in [-0.3, -0.25) is 24.0 Å². The molecule has 0 aliphatic carbocycles. The van der Waals surface area contributed by atoms with Crippen LogP contribution in [0.3, 0.4) is 0 Å². The van der Waals surface area contributed by atoms with E-state index < -0.39 is 33.6 Å². The summed E-state index contributed by atoms with van der Waals surface area (Å²) in [6, 6.07) is 14.6. The van der Waals surface area contributed by atoms with Gasteiger partial charge in [0.15, 0.2) is 0 Å². The van der Waals surface area contributed by atoms with Crippen LogP contribution < -0.4 is 10.0 Å². The van der Waals surface area contributed by atoms with Crippen LogP contribution in [0, 0.1) is 5.82 Å². The minimum atomic E-state index is -3.93. The van der Waals surface area contributed by atoms with Crippen molar-refractivity contribution >= 4 is 39.1 Å². The van der Waals surface area contributed by atoms with Gasteiger partial charge in [-0.1, -0.05) is 6.07 Å². The number of benzene rings is 3. The van der Waals surface area contributed by atoms with Crippen LogP contribution in [0.15, 0.2) is 71.6 Å². The Kier molecular flexibility index (Phi) is 5.23. The second-order valence-corrected chi connectivity index (χ2v) is 8.67. The Morgan fingerprint density at radius 3 is 2.22 bits per heavy atom. The van der Waals surface area contributed by atoms with Crippen LogP contribution >= 0.6 is 0 Å². The third-order valence-corrected chi connectivity index (χ3v) is 6.29. The van der Waals surface area contributed by atoms with Gasteiger partial charge in [-0.15, -0.1) is 0 Å². The van der Waals surface area contributed by atoms with Gasteiger partial charge in [0.25, 0.3) is 27.7 Å². The number of amides is 3. The summed E-state index contributed by atoms with van der Waals surface area (Å²) in [4.78, 5) is 37.9. The third-order valence-electron chi connectivity index (χ3n) is 4.89. The van der Waals surface area contributed by atoms with E-state index in [4.69, 9.17) is 0 Å². The average Bonchev–Trinajstić information content (AvgIpc) is 2.99. The summed E-state index contributed by atoms with van der Waals surface area (Å²) >= 11 is 0. The van der Waals surface area contributed by atoms with Crippen molar-refractivity contribution in [2.45, 2.75) is 4.90 Å². The quantitative estimate of drug-likeness (QED) is 0.577. The first-order valence-corrected chi connectivity index (χ1v) is 10.8. The maximum Gasteiger partial charge on any atom is 0.263 e. The summed E-state index contributed by atoms with van der Waals surface area (Å²) in [5, 5.41) is 2.62. The van der Waals surface area contributed by atoms with Crippen LogP contribution in [-0.4, -0.2) is 38.1 Å². The average molecular weight is 453 g/mol. The second kappa shape index (κ2) is 7.89. The molecule has 1 heterocycles. The number of halogens is 1. The Balaban J connectivity index is 1.51. The summed E-state index contributed by atoms with van der Waals surface area (Å²) in [7, 11) is -2.56. The first-order chi connectivity index (χ1) is 15.2. The summed E-state index contributed by atoms with van der Waals surface area (Å²) in [6.45, 7) is 0. The second-order valence-electron chi connectivity index (χ2n) is 6.99. The SMILES string of the molecule is CN1C(=O)c2cccc(NC(=O)c3ccc(NS(=O)(=O)c4ccc(F)cc4)cc3)c2C1=O. The minimum Gasteiger partial charge on any atom is -0.321 e. The van der Waals surface area contributed by atoms with Crippen LogP contribution in [0.25, 0.3) is 0 Å². The molecule has 162 valence electrons. The molecular formula is C22H16FN3O5S. The fourth-order valence-corrected chi connectivity index (χ4v) is 4.28. The lowest BCUT2D eigenvalue weighted by Crippen LogP contribution is -2.24. The van der Waals surface area contributed by atoms with Gasteiger partial charge in [0.2, 0.25) is 0 Å². The highest BCUT2D eigenvalue weighted by Gasteiger charge is 2.35. The van der Waals surface area contributed by atoms with E-state index in [9.17, 15) is 27.2 Å². The van der Waals surface area contributed by atoms with Crippen LogP contribution in [0.5, 0.6) is 0 Å². The Hall–Kier alpha value is -4.05. The molecule has 0 radical (unpaired) electrons. The van der Waals surface area contributed by atoms with Crippen LogP contribution in [-0.2, 0) is 10.0 Å². The molecule has 0 fully saturated rings. The highest BCUT2D eigenvalue weighted by atomic mass is 32.2. The predicted molar refractivity (Wildman–Crippen MR) is 114 cm³/mol. The molecule has 0 unspecified atom stereocenters. The molecule has 0 saturated heterocycles. The number of carbonyl (C=O) groups excluding carboxylic acids is 3. The number of hydrogen-bond donors (Lipinski definition) is 2. The molecule has 2 N–H and O–H groups in total. The van der Waals surface area contributed by atoms with Crippen molar-refractivity contribution < 1.29 is 27.2 Å². The molecule has 0 aromatic heterocycles. The van der Waals surface area contributed by atoms with Gasteiger partial charge < -0.3 is 5.32 Å². The maximum atomic E-state index is 13.0. The van der Waals surface area contributed by atoms with Crippen molar-refractivity contribution in [2.75, 3.05) is 17.1 Å². The molecule has 32 heavy (non-hydrogen) atoms. The van der Waals surface area contributed by atoms with E-state index in [0.717, 1.165) is 29.2 Å². The number of hydrogen-bond acceptors (Lipinski definition) is 5. The van der Waals surface area contributed by atoms with E-state index in [1.165, 1.54) is 43.4 Å². The molecule has 10 heteroatoms. The van der Waals surface area contributed by atoms with E-state index in [0.29, 0.717) is 0 Å². The van der Waals surface area contributed by atoms with E-state index in [-0.39, 0.29) is 33.0 Å². The maximum absolute atomic E-state index is 13.0. The van der Waals surface area contributed by atoms with Crippen molar-refractivity contribution in [3.05, 3.63) is 89.2 Å². The minimum absolute atomic E-state index is 0.108. The lowest BCUT2D eigenvalue weighted by atomic mass is 10.1. The number of rotatable bonds is 5. The topological polar surface area (TPSA) is 113 Å². The number of imide groups is 1. The van der Waals surface area contributed by atoms with Gasteiger partial charge in [-0.05, 0) is 60.7 Å². The molecular weight excluding hydrogens is 437 g/mol. The lowest BCUT2D eigenvalue weighted by molar-refractivity contribution is 0.0693. The Bertz CT molecular complexity index is 1350. The van der Waals surface area contributed by atoms with Gasteiger partial charge in [0.1, 0.15) is 5.82 Å². The highest BCUT2D eigenvalue weighted by molar-refractivity contribution is 7.92. The van der Waals surface area contributed by atoms with E-state index >= 15 is 0 Å². The van der Waals surface area contributed by atoms with Crippen LogP contribution in [0.4, 0.5) is 15.8 Å². The largest absolute Gasteiger partial charge is 0.321 e. The molecule has 3 aromatic carbocycles. The summed E-state index contributed by atoms with van der Waals surface area (Å²) in [5.74, 6) is -2.05. The molecule has 1 aliphatic rings. The number of anilines is 2. The Morgan fingerprint density at radius 1 is 0.906 bits per heavy atom. The fourth-order valence-electron chi connectivity index (χ4n) is 3.22.